The van der Waals surface area contributed by atoms with Crippen LogP contribution in [0.15, 0.2) is 39.3 Å². The van der Waals surface area contributed by atoms with Gasteiger partial charge in [0.15, 0.2) is 0 Å². The van der Waals surface area contributed by atoms with Gasteiger partial charge in [-0.3, -0.25) is 9.71 Å². The van der Waals surface area contributed by atoms with Gasteiger partial charge in [-0.15, -0.1) is 0 Å². The first-order valence-electron chi connectivity index (χ1n) is 5.33. The highest BCUT2D eigenvalue weighted by Crippen LogP contribution is 2.18. The maximum atomic E-state index is 12.0. The van der Waals surface area contributed by atoms with E-state index in [2.05, 4.69) is 19.7 Å². The van der Waals surface area contributed by atoms with Crippen LogP contribution >= 0.6 is 0 Å². The Labute approximate surface area is 104 Å². The third-order valence-electron chi connectivity index (χ3n) is 2.41. The van der Waals surface area contributed by atoms with E-state index in [1.165, 1.54) is 24.3 Å². The van der Waals surface area contributed by atoms with Gasteiger partial charge in [-0.2, -0.15) is 0 Å². The van der Waals surface area contributed by atoms with Crippen molar-refractivity contribution in [2.75, 3.05) is 6.54 Å². The average molecular weight is 265 g/mol. The molecule has 8 heteroatoms. The van der Waals surface area contributed by atoms with Gasteiger partial charge >= 0.3 is 0 Å². The van der Waals surface area contributed by atoms with Gasteiger partial charge in [-0.25, -0.2) is 8.42 Å². The Kier molecular flexibility index (Phi) is 3.50. The summed E-state index contributed by atoms with van der Waals surface area (Å²) in [5.74, 6) is 0.476. The maximum absolute atomic E-state index is 12.0. The number of nitrogens with zero attached hydrogens (tertiary/aromatic N) is 4. The number of sulfonamides is 1. The molecule has 1 aliphatic heterocycles. The molecule has 94 valence electrons. The molecule has 2 rings (SSSR count). The summed E-state index contributed by atoms with van der Waals surface area (Å²) < 4.78 is 26.5. The normalized spacial score (nSPS) is 14.8. The van der Waals surface area contributed by atoms with Gasteiger partial charge in [0, 0.05) is 23.6 Å². The lowest BCUT2D eigenvalue weighted by atomic mass is 10.3. The fourth-order valence-electron chi connectivity index (χ4n) is 1.60. The van der Waals surface area contributed by atoms with Crippen molar-refractivity contribution in [2.24, 2.45) is 10.1 Å². The van der Waals surface area contributed by atoms with Crippen LogP contribution in [0.4, 0.5) is 5.69 Å². The topological polar surface area (TPSA) is 107 Å². The van der Waals surface area contributed by atoms with Crippen molar-refractivity contribution >= 4 is 21.5 Å². The maximum Gasteiger partial charge on any atom is 0.262 e. The van der Waals surface area contributed by atoms with Crippen LogP contribution in [0.2, 0.25) is 0 Å². The van der Waals surface area contributed by atoms with E-state index < -0.39 is 10.0 Å². The van der Waals surface area contributed by atoms with E-state index in [1.54, 1.807) is 0 Å². The number of benzene rings is 1. The molecular weight excluding hydrogens is 254 g/mol. The number of azide groups is 1. The van der Waals surface area contributed by atoms with Crippen LogP contribution in [0.25, 0.3) is 10.4 Å². The van der Waals surface area contributed by atoms with Crippen molar-refractivity contribution in [3.63, 3.8) is 0 Å². The molecule has 0 amide bonds. The molecule has 0 fully saturated rings. The minimum Gasteiger partial charge on any atom is -0.272 e. The molecule has 0 unspecified atom stereocenters. The standard InChI is InChI=1S/C10H11N5O2S/c11-15-13-8-3-1-4-9(7-8)18(16,17)14-10-5-2-6-12-10/h1,3-4,7H,2,5-6H2,(H,12,14). The second kappa shape index (κ2) is 5.07. The zero-order chi connectivity index (χ0) is 13.0. The van der Waals surface area contributed by atoms with E-state index in [0.29, 0.717) is 18.8 Å². The minimum absolute atomic E-state index is 0.0574. The number of amidine groups is 1. The fourth-order valence-corrected chi connectivity index (χ4v) is 2.73. The van der Waals surface area contributed by atoms with Crippen molar-refractivity contribution in [3.8, 4) is 0 Å². The predicted molar refractivity (Wildman–Crippen MR) is 67.1 cm³/mol. The lowest BCUT2D eigenvalue weighted by Gasteiger charge is -2.07. The second-order valence-electron chi connectivity index (χ2n) is 3.72. The van der Waals surface area contributed by atoms with Crippen LogP contribution in [-0.4, -0.2) is 20.8 Å². The Morgan fingerprint density at radius 2 is 2.28 bits per heavy atom. The first kappa shape index (κ1) is 12.4. The molecule has 0 saturated heterocycles. The number of nitrogens with one attached hydrogen (secondary N) is 1. The molecule has 0 bridgehead atoms. The molecule has 0 radical (unpaired) electrons. The quantitative estimate of drug-likeness (QED) is 0.513. The fraction of sp³-hybridized carbons (Fsp3) is 0.300. The summed E-state index contributed by atoms with van der Waals surface area (Å²) in [4.78, 5) is 6.73. The zero-order valence-electron chi connectivity index (χ0n) is 9.44. The van der Waals surface area contributed by atoms with Crippen molar-refractivity contribution in [3.05, 3.63) is 34.7 Å². The monoisotopic (exact) mass is 265 g/mol. The third kappa shape index (κ3) is 2.79. The second-order valence-corrected chi connectivity index (χ2v) is 5.41. The number of aliphatic imine (C=N–C) groups is 1. The zero-order valence-corrected chi connectivity index (χ0v) is 10.3. The molecule has 1 aromatic rings. The Morgan fingerprint density at radius 3 is 2.94 bits per heavy atom. The van der Waals surface area contributed by atoms with E-state index in [1.807, 2.05) is 0 Å². The van der Waals surface area contributed by atoms with Crippen LogP contribution in [0, 0.1) is 0 Å². The molecule has 0 aromatic heterocycles. The smallest absolute Gasteiger partial charge is 0.262 e. The van der Waals surface area contributed by atoms with E-state index in [-0.39, 0.29) is 10.6 Å². The third-order valence-corrected chi connectivity index (χ3v) is 3.79. The van der Waals surface area contributed by atoms with Gasteiger partial charge in [0.2, 0.25) is 0 Å². The van der Waals surface area contributed by atoms with Crippen molar-refractivity contribution in [2.45, 2.75) is 17.7 Å². The summed E-state index contributed by atoms with van der Waals surface area (Å²) in [5.41, 5.74) is 8.58. The molecule has 1 aromatic carbocycles. The highest BCUT2D eigenvalue weighted by Gasteiger charge is 2.18. The Hall–Kier alpha value is -2.05. The summed E-state index contributed by atoms with van der Waals surface area (Å²) in [6.45, 7) is 0.649. The Morgan fingerprint density at radius 1 is 1.44 bits per heavy atom. The van der Waals surface area contributed by atoms with E-state index in [9.17, 15) is 8.42 Å². The molecule has 1 heterocycles. The molecule has 0 spiro atoms. The molecule has 1 N–H and O–H groups in total. The highest BCUT2D eigenvalue weighted by atomic mass is 32.2. The lowest BCUT2D eigenvalue weighted by Crippen LogP contribution is -2.29. The van der Waals surface area contributed by atoms with Gasteiger partial charge in [-0.1, -0.05) is 17.2 Å². The first-order chi connectivity index (χ1) is 8.62. The van der Waals surface area contributed by atoms with E-state index in [4.69, 9.17) is 5.53 Å². The van der Waals surface area contributed by atoms with Gasteiger partial charge in [0.05, 0.1) is 4.90 Å². The van der Waals surface area contributed by atoms with Gasteiger partial charge in [0.1, 0.15) is 5.84 Å². The van der Waals surface area contributed by atoms with Crippen molar-refractivity contribution < 1.29 is 8.42 Å². The number of hydrogen-bond donors (Lipinski definition) is 1. The van der Waals surface area contributed by atoms with E-state index >= 15 is 0 Å². The largest absolute Gasteiger partial charge is 0.272 e. The van der Waals surface area contributed by atoms with Crippen molar-refractivity contribution in [1.29, 1.82) is 0 Å². The SMILES string of the molecule is [N-]=[N+]=Nc1cccc(S(=O)(=O)NC2=NCCC2)c1. The number of rotatable bonds is 3. The van der Waals surface area contributed by atoms with Crippen LogP contribution in [0.3, 0.4) is 0 Å². The van der Waals surface area contributed by atoms with Gasteiger partial charge in [0.25, 0.3) is 10.0 Å². The first-order valence-corrected chi connectivity index (χ1v) is 6.81. The summed E-state index contributed by atoms with van der Waals surface area (Å²) >= 11 is 0. The Balaban J connectivity index is 2.28. The van der Waals surface area contributed by atoms with Gasteiger partial charge in [-0.05, 0) is 24.1 Å². The highest BCUT2D eigenvalue weighted by molar-refractivity contribution is 7.90. The molecule has 1 aliphatic rings. The predicted octanol–water partition coefficient (Wildman–Crippen LogP) is 2.10. The summed E-state index contributed by atoms with van der Waals surface area (Å²) in [5, 5.41) is 3.37. The van der Waals surface area contributed by atoms with Crippen LogP contribution in [0.1, 0.15) is 12.8 Å². The molecule has 7 nitrogen and oxygen atoms in total. The van der Waals surface area contributed by atoms with Crippen LogP contribution < -0.4 is 4.72 Å². The van der Waals surface area contributed by atoms with Gasteiger partial charge < -0.3 is 0 Å². The van der Waals surface area contributed by atoms with E-state index in [0.717, 1.165) is 6.42 Å². The molecular formula is C10H11N5O2S. The Bertz CT molecular complexity index is 631. The van der Waals surface area contributed by atoms with Crippen LogP contribution in [0.5, 0.6) is 0 Å². The molecule has 0 atom stereocenters. The molecule has 0 saturated carbocycles. The summed E-state index contributed by atoms with van der Waals surface area (Å²) in [7, 11) is -3.65. The average Bonchev–Trinajstić information content (AvgIpc) is 2.82. The van der Waals surface area contributed by atoms with Crippen LogP contribution in [-0.2, 0) is 10.0 Å². The molecule has 18 heavy (non-hydrogen) atoms. The summed E-state index contributed by atoms with van der Waals surface area (Å²) in [6.07, 6.45) is 1.49. The lowest BCUT2D eigenvalue weighted by molar-refractivity contribution is 0.592. The molecule has 0 aliphatic carbocycles. The summed E-state index contributed by atoms with van der Waals surface area (Å²) in [6, 6.07) is 5.81. The number of hydrogen-bond acceptors (Lipinski definition) is 4. The minimum atomic E-state index is -3.65. The van der Waals surface area contributed by atoms with Crippen molar-refractivity contribution in [1.82, 2.24) is 4.72 Å².